The molecule has 0 fully saturated rings. The SMILES string of the molecule is CCCCCOC(=O)[C@@H](C)Oc1ccc(Cl)cc1. The lowest BCUT2D eigenvalue weighted by molar-refractivity contribution is -0.151. The van der Waals surface area contributed by atoms with Crippen LogP contribution in [-0.2, 0) is 9.53 Å². The van der Waals surface area contributed by atoms with Crippen LogP contribution in [0.3, 0.4) is 0 Å². The Balaban J connectivity index is 2.33. The molecule has 0 aliphatic carbocycles. The van der Waals surface area contributed by atoms with Crippen LogP contribution in [0.4, 0.5) is 0 Å². The summed E-state index contributed by atoms with van der Waals surface area (Å²) in [4.78, 5) is 11.6. The van der Waals surface area contributed by atoms with Crippen molar-refractivity contribution in [1.29, 1.82) is 0 Å². The number of unbranched alkanes of at least 4 members (excludes halogenated alkanes) is 2. The van der Waals surface area contributed by atoms with E-state index in [0.29, 0.717) is 17.4 Å². The van der Waals surface area contributed by atoms with E-state index in [4.69, 9.17) is 21.1 Å². The summed E-state index contributed by atoms with van der Waals surface area (Å²) in [5.74, 6) is 0.276. The molecule has 0 saturated carbocycles. The van der Waals surface area contributed by atoms with Crippen molar-refractivity contribution in [3.8, 4) is 5.75 Å². The standard InChI is InChI=1S/C14H19ClO3/c1-3-4-5-10-17-14(16)11(2)18-13-8-6-12(15)7-9-13/h6-9,11H,3-5,10H2,1-2H3/t11-/m1/s1. The van der Waals surface area contributed by atoms with Crippen molar-refractivity contribution in [3.05, 3.63) is 29.3 Å². The molecule has 1 aromatic carbocycles. The summed E-state index contributed by atoms with van der Waals surface area (Å²) >= 11 is 5.76. The van der Waals surface area contributed by atoms with Crippen molar-refractivity contribution >= 4 is 17.6 Å². The second kappa shape index (κ2) is 7.98. The minimum Gasteiger partial charge on any atom is -0.479 e. The highest BCUT2D eigenvalue weighted by Crippen LogP contribution is 2.17. The molecule has 0 bridgehead atoms. The highest BCUT2D eigenvalue weighted by molar-refractivity contribution is 6.30. The molecule has 0 heterocycles. The number of benzene rings is 1. The number of ether oxygens (including phenoxy) is 2. The second-order valence-corrected chi connectivity index (χ2v) is 4.53. The number of hydrogen-bond acceptors (Lipinski definition) is 3. The second-order valence-electron chi connectivity index (χ2n) is 4.09. The van der Waals surface area contributed by atoms with Gasteiger partial charge in [-0.3, -0.25) is 0 Å². The average Bonchev–Trinajstić information content (AvgIpc) is 2.37. The molecule has 0 radical (unpaired) electrons. The van der Waals surface area contributed by atoms with Gasteiger partial charge in [0.05, 0.1) is 6.61 Å². The molecular weight excluding hydrogens is 252 g/mol. The maximum atomic E-state index is 11.6. The molecule has 1 atom stereocenters. The van der Waals surface area contributed by atoms with Gasteiger partial charge in [-0.1, -0.05) is 31.4 Å². The summed E-state index contributed by atoms with van der Waals surface area (Å²) in [6.45, 7) is 4.24. The van der Waals surface area contributed by atoms with Gasteiger partial charge in [-0.25, -0.2) is 4.79 Å². The molecular formula is C14H19ClO3. The fourth-order valence-electron chi connectivity index (χ4n) is 1.41. The Kier molecular flexibility index (Phi) is 6.58. The van der Waals surface area contributed by atoms with Gasteiger partial charge in [-0.2, -0.15) is 0 Å². The van der Waals surface area contributed by atoms with Crippen molar-refractivity contribution in [3.63, 3.8) is 0 Å². The van der Waals surface area contributed by atoms with E-state index >= 15 is 0 Å². The van der Waals surface area contributed by atoms with E-state index in [2.05, 4.69) is 6.92 Å². The van der Waals surface area contributed by atoms with Gasteiger partial charge >= 0.3 is 5.97 Å². The Morgan fingerprint density at radius 1 is 1.28 bits per heavy atom. The molecule has 0 saturated heterocycles. The van der Waals surface area contributed by atoms with Gasteiger partial charge in [-0.05, 0) is 37.6 Å². The predicted molar refractivity (Wildman–Crippen MR) is 72.0 cm³/mol. The van der Waals surface area contributed by atoms with Gasteiger partial charge in [0.1, 0.15) is 5.75 Å². The molecule has 0 spiro atoms. The molecule has 0 aromatic heterocycles. The zero-order valence-corrected chi connectivity index (χ0v) is 11.6. The number of rotatable bonds is 7. The molecule has 3 nitrogen and oxygen atoms in total. The van der Waals surface area contributed by atoms with Crippen molar-refractivity contribution < 1.29 is 14.3 Å². The lowest BCUT2D eigenvalue weighted by Gasteiger charge is -2.13. The van der Waals surface area contributed by atoms with Crippen LogP contribution < -0.4 is 4.74 Å². The molecule has 0 aliphatic heterocycles. The Morgan fingerprint density at radius 2 is 1.94 bits per heavy atom. The average molecular weight is 271 g/mol. The minimum absolute atomic E-state index is 0.332. The fourth-order valence-corrected chi connectivity index (χ4v) is 1.53. The number of carbonyl (C=O) groups excluding carboxylic acids is 1. The van der Waals surface area contributed by atoms with Crippen LogP contribution in [-0.4, -0.2) is 18.7 Å². The molecule has 0 unspecified atom stereocenters. The van der Waals surface area contributed by atoms with Crippen LogP contribution in [0, 0.1) is 0 Å². The predicted octanol–water partition coefficient (Wildman–Crippen LogP) is 3.84. The topological polar surface area (TPSA) is 35.5 Å². The first kappa shape index (κ1) is 14.8. The van der Waals surface area contributed by atoms with E-state index in [0.717, 1.165) is 19.3 Å². The first-order chi connectivity index (χ1) is 8.63. The van der Waals surface area contributed by atoms with Crippen LogP contribution >= 0.6 is 11.6 Å². The van der Waals surface area contributed by atoms with E-state index in [1.807, 2.05) is 0 Å². The van der Waals surface area contributed by atoms with Crippen LogP contribution in [0.15, 0.2) is 24.3 Å². The van der Waals surface area contributed by atoms with Gasteiger partial charge in [0, 0.05) is 5.02 Å². The van der Waals surface area contributed by atoms with Gasteiger partial charge < -0.3 is 9.47 Å². The minimum atomic E-state index is -0.604. The number of hydrogen-bond donors (Lipinski definition) is 0. The van der Waals surface area contributed by atoms with Crippen LogP contribution in [0.5, 0.6) is 5.75 Å². The van der Waals surface area contributed by atoms with Crippen molar-refractivity contribution in [1.82, 2.24) is 0 Å². The van der Waals surface area contributed by atoms with Crippen LogP contribution in [0.2, 0.25) is 5.02 Å². The number of carbonyl (C=O) groups is 1. The normalized spacial score (nSPS) is 11.9. The van der Waals surface area contributed by atoms with E-state index in [9.17, 15) is 4.79 Å². The van der Waals surface area contributed by atoms with Gasteiger partial charge in [0.25, 0.3) is 0 Å². The Bertz CT molecular complexity index is 362. The summed E-state index contributed by atoms with van der Waals surface area (Å²) in [5.41, 5.74) is 0. The highest BCUT2D eigenvalue weighted by atomic mass is 35.5. The summed E-state index contributed by atoms with van der Waals surface area (Å²) in [5, 5.41) is 0.636. The maximum absolute atomic E-state index is 11.6. The molecule has 4 heteroatoms. The third-order valence-corrected chi connectivity index (χ3v) is 2.70. The monoisotopic (exact) mass is 270 g/mol. The third kappa shape index (κ3) is 5.41. The summed E-state index contributed by atoms with van der Waals surface area (Å²) < 4.78 is 10.6. The van der Waals surface area contributed by atoms with Gasteiger partial charge in [-0.15, -0.1) is 0 Å². The van der Waals surface area contributed by atoms with E-state index in [-0.39, 0.29) is 5.97 Å². The third-order valence-electron chi connectivity index (χ3n) is 2.45. The van der Waals surface area contributed by atoms with Crippen LogP contribution in [0.1, 0.15) is 33.1 Å². The largest absolute Gasteiger partial charge is 0.479 e. The summed E-state index contributed by atoms with van der Waals surface area (Å²) in [6.07, 6.45) is 2.47. The van der Waals surface area contributed by atoms with Crippen molar-refractivity contribution in [2.75, 3.05) is 6.61 Å². The van der Waals surface area contributed by atoms with Crippen molar-refractivity contribution in [2.24, 2.45) is 0 Å². The van der Waals surface area contributed by atoms with Crippen LogP contribution in [0.25, 0.3) is 0 Å². The lowest BCUT2D eigenvalue weighted by Crippen LogP contribution is -2.26. The Hall–Kier alpha value is -1.22. The maximum Gasteiger partial charge on any atom is 0.347 e. The molecule has 1 rings (SSSR count). The van der Waals surface area contributed by atoms with E-state index in [1.165, 1.54) is 0 Å². The molecule has 100 valence electrons. The smallest absolute Gasteiger partial charge is 0.347 e. The molecule has 0 aliphatic rings. The van der Waals surface area contributed by atoms with Gasteiger partial charge in [0.2, 0.25) is 0 Å². The highest BCUT2D eigenvalue weighted by Gasteiger charge is 2.15. The van der Waals surface area contributed by atoms with E-state index in [1.54, 1.807) is 31.2 Å². The Morgan fingerprint density at radius 3 is 2.56 bits per heavy atom. The summed E-state index contributed by atoms with van der Waals surface area (Å²) in [6, 6.07) is 6.89. The molecule has 0 amide bonds. The van der Waals surface area contributed by atoms with Crippen molar-refractivity contribution in [2.45, 2.75) is 39.2 Å². The molecule has 0 N–H and O–H groups in total. The zero-order chi connectivity index (χ0) is 13.4. The lowest BCUT2D eigenvalue weighted by atomic mass is 10.3. The Labute approximate surface area is 113 Å². The fraction of sp³-hybridized carbons (Fsp3) is 0.500. The number of esters is 1. The van der Waals surface area contributed by atoms with E-state index < -0.39 is 6.10 Å². The zero-order valence-electron chi connectivity index (χ0n) is 10.8. The number of halogens is 1. The van der Waals surface area contributed by atoms with Gasteiger partial charge in [0.15, 0.2) is 6.10 Å². The molecule has 1 aromatic rings. The first-order valence-corrected chi connectivity index (χ1v) is 6.60. The summed E-state index contributed by atoms with van der Waals surface area (Å²) in [7, 11) is 0. The molecule has 18 heavy (non-hydrogen) atoms. The first-order valence-electron chi connectivity index (χ1n) is 6.22. The quantitative estimate of drug-likeness (QED) is 0.558.